The van der Waals surface area contributed by atoms with Gasteiger partial charge in [0.15, 0.2) is 11.6 Å². The first-order valence-electron chi connectivity index (χ1n) is 9.58. The minimum atomic E-state index is 0.117. The van der Waals surface area contributed by atoms with Crippen LogP contribution in [0.4, 0.5) is 11.5 Å². The molecule has 0 radical (unpaired) electrons. The van der Waals surface area contributed by atoms with Crippen molar-refractivity contribution in [1.29, 1.82) is 0 Å². The number of fused-ring (bicyclic) bond motifs is 1. The van der Waals surface area contributed by atoms with Crippen molar-refractivity contribution in [2.45, 2.75) is 59.8 Å². The number of aromatic nitrogens is 1. The average Bonchev–Trinajstić information content (AvgIpc) is 2.59. The summed E-state index contributed by atoms with van der Waals surface area (Å²) in [4.78, 5) is 11.6. The Kier molecular flexibility index (Phi) is 4.10. The summed E-state index contributed by atoms with van der Waals surface area (Å²) in [5.74, 6) is 2.31. The molecule has 0 spiro atoms. The molecule has 0 fully saturated rings. The summed E-state index contributed by atoms with van der Waals surface area (Å²) >= 11 is 0. The van der Waals surface area contributed by atoms with Crippen molar-refractivity contribution in [2.75, 3.05) is 4.90 Å². The van der Waals surface area contributed by atoms with Crippen LogP contribution < -0.4 is 9.64 Å². The van der Waals surface area contributed by atoms with Crippen LogP contribution in [0.25, 0.3) is 0 Å². The molecule has 0 bridgehead atoms. The van der Waals surface area contributed by atoms with Crippen LogP contribution in [0.3, 0.4) is 0 Å². The van der Waals surface area contributed by atoms with Crippen LogP contribution in [0, 0.1) is 13.8 Å². The van der Waals surface area contributed by atoms with E-state index < -0.39 is 0 Å². The van der Waals surface area contributed by atoms with E-state index in [9.17, 15) is 0 Å². The van der Waals surface area contributed by atoms with Crippen molar-refractivity contribution in [1.82, 2.24) is 4.98 Å². The average molecular weight is 361 g/mol. The zero-order valence-electron chi connectivity index (χ0n) is 17.1. The summed E-state index contributed by atoms with van der Waals surface area (Å²) in [6.07, 6.45) is 3.67. The maximum absolute atomic E-state index is 6.10. The minimum absolute atomic E-state index is 0.117. The van der Waals surface area contributed by atoms with Crippen LogP contribution in [0.2, 0.25) is 0 Å². The number of rotatable bonds is 1. The highest BCUT2D eigenvalue weighted by Crippen LogP contribution is 2.46. The second kappa shape index (κ2) is 6.22. The van der Waals surface area contributed by atoms with E-state index in [0.29, 0.717) is 5.88 Å². The lowest BCUT2D eigenvalue weighted by Crippen LogP contribution is -2.29. The predicted octanol–water partition coefficient (Wildman–Crippen LogP) is 5.95. The van der Waals surface area contributed by atoms with Gasteiger partial charge in [0.1, 0.15) is 0 Å². The second-order valence-electron chi connectivity index (χ2n) is 8.57. The number of aryl methyl sites for hydroxylation is 2. The largest absolute Gasteiger partial charge is 0.433 e. The Morgan fingerprint density at radius 2 is 1.74 bits per heavy atom. The molecule has 0 saturated heterocycles. The van der Waals surface area contributed by atoms with Crippen LogP contribution in [0.5, 0.6) is 5.75 Å². The number of hydrogen-bond donors (Lipinski definition) is 0. The van der Waals surface area contributed by atoms with E-state index in [1.165, 1.54) is 22.4 Å². The van der Waals surface area contributed by atoms with Crippen LogP contribution in [-0.4, -0.2) is 10.7 Å². The molecule has 4 rings (SSSR count). The molecule has 0 unspecified atom stereocenters. The highest BCUT2D eigenvalue weighted by molar-refractivity contribution is 5.86. The van der Waals surface area contributed by atoms with Gasteiger partial charge in [-0.05, 0) is 67.9 Å². The molecular weight excluding hydrogens is 334 g/mol. The van der Waals surface area contributed by atoms with Gasteiger partial charge in [-0.25, -0.2) is 9.98 Å². The molecule has 0 aliphatic carbocycles. The fraction of sp³-hybridized carbons (Fsp3) is 0.391. The van der Waals surface area contributed by atoms with Gasteiger partial charge in [0.05, 0.1) is 11.4 Å². The fourth-order valence-corrected chi connectivity index (χ4v) is 3.83. The number of ether oxygens (including phenoxy) is 1. The minimum Gasteiger partial charge on any atom is -0.433 e. The molecule has 0 saturated carbocycles. The van der Waals surface area contributed by atoms with Gasteiger partial charge in [0.25, 0.3) is 0 Å². The molecule has 2 aliphatic heterocycles. The Morgan fingerprint density at radius 1 is 1.04 bits per heavy atom. The molecule has 0 amide bonds. The third-order valence-electron chi connectivity index (χ3n) is 5.28. The highest BCUT2D eigenvalue weighted by Gasteiger charge is 2.33. The topological polar surface area (TPSA) is 37.7 Å². The van der Waals surface area contributed by atoms with Crippen molar-refractivity contribution in [3.05, 3.63) is 58.7 Å². The fourth-order valence-electron chi connectivity index (χ4n) is 3.83. The van der Waals surface area contributed by atoms with Crippen molar-refractivity contribution in [3.8, 4) is 5.75 Å². The first kappa shape index (κ1) is 17.8. The van der Waals surface area contributed by atoms with Crippen molar-refractivity contribution in [2.24, 2.45) is 4.99 Å². The van der Waals surface area contributed by atoms with E-state index in [1.807, 2.05) is 18.3 Å². The van der Waals surface area contributed by atoms with Crippen LogP contribution in [0.15, 0.2) is 47.0 Å². The molecule has 0 N–H and O–H groups in total. The summed E-state index contributed by atoms with van der Waals surface area (Å²) in [5.41, 5.74) is 7.36. The van der Waals surface area contributed by atoms with Gasteiger partial charge in [-0.1, -0.05) is 32.9 Å². The first-order chi connectivity index (χ1) is 12.8. The van der Waals surface area contributed by atoms with E-state index in [0.717, 1.165) is 35.8 Å². The summed E-state index contributed by atoms with van der Waals surface area (Å²) in [5, 5.41) is 0. The monoisotopic (exact) mass is 361 g/mol. The van der Waals surface area contributed by atoms with Gasteiger partial charge in [0, 0.05) is 11.9 Å². The molecule has 4 nitrogen and oxygen atoms in total. The number of aliphatic imine (C=N–C) groups is 1. The Hall–Kier alpha value is -2.62. The molecule has 0 atom stereocenters. The molecule has 140 valence electrons. The molecule has 2 aliphatic rings. The maximum atomic E-state index is 6.10. The standard InChI is InChI=1S/C23H27N3O/c1-14-12-17(23(4,5)6)13-15(2)20(14)26-18-10-9-16(3)25-22(18)27-19-8-7-11-24-21(19)26/h7-8,11-13H,9-10H2,1-6H3. The Labute approximate surface area is 161 Å². The summed E-state index contributed by atoms with van der Waals surface area (Å²) in [7, 11) is 0. The number of anilines is 2. The van der Waals surface area contributed by atoms with Gasteiger partial charge in [-0.2, -0.15) is 0 Å². The summed E-state index contributed by atoms with van der Waals surface area (Å²) < 4.78 is 6.10. The van der Waals surface area contributed by atoms with E-state index in [1.54, 1.807) is 0 Å². The van der Waals surface area contributed by atoms with Gasteiger partial charge in [-0.15, -0.1) is 0 Å². The third kappa shape index (κ3) is 3.03. The van der Waals surface area contributed by atoms with E-state index in [-0.39, 0.29) is 5.41 Å². The quantitative estimate of drug-likeness (QED) is 0.630. The third-order valence-corrected chi connectivity index (χ3v) is 5.28. The normalized spacial score (nSPS) is 16.5. The van der Waals surface area contributed by atoms with Gasteiger partial charge >= 0.3 is 0 Å². The van der Waals surface area contributed by atoms with Crippen LogP contribution in [0.1, 0.15) is 57.2 Å². The van der Waals surface area contributed by atoms with Gasteiger partial charge in [-0.3, -0.25) is 4.90 Å². The lowest BCUT2D eigenvalue weighted by molar-refractivity contribution is 0.395. The van der Waals surface area contributed by atoms with Crippen molar-refractivity contribution < 1.29 is 4.74 Å². The zero-order chi connectivity index (χ0) is 19.3. The molecule has 3 heterocycles. The molecule has 4 heteroatoms. The smallest absolute Gasteiger partial charge is 0.239 e. The van der Waals surface area contributed by atoms with E-state index >= 15 is 0 Å². The van der Waals surface area contributed by atoms with Crippen molar-refractivity contribution >= 4 is 17.2 Å². The number of hydrogen-bond acceptors (Lipinski definition) is 4. The van der Waals surface area contributed by atoms with E-state index in [2.05, 4.69) is 63.6 Å². The van der Waals surface area contributed by atoms with Crippen LogP contribution >= 0.6 is 0 Å². The number of pyridine rings is 1. The van der Waals surface area contributed by atoms with Gasteiger partial charge < -0.3 is 4.74 Å². The lowest BCUT2D eigenvalue weighted by Gasteiger charge is -2.36. The second-order valence-corrected chi connectivity index (χ2v) is 8.57. The Bertz CT molecular complexity index is 956. The number of nitrogens with zero attached hydrogens (tertiary/aromatic N) is 3. The zero-order valence-corrected chi connectivity index (χ0v) is 17.1. The number of allylic oxidation sites excluding steroid dienone is 1. The Balaban J connectivity index is 1.94. The molecule has 1 aromatic carbocycles. The molecular formula is C23H27N3O. The molecule has 2 aromatic rings. The van der Waals surface area contributed by atoms with Crippen LogP contribution in [-0.2, 0) is 5.41 Å². The molecule has 27 heavy (non-hydrogen) atoms. The predicted molar refractivity (Wildman–Crippen MR) is 111 cm³/mol. The lowest BCUT2D eigenvalue weighted by atomic mass is 9.84. The summed E-state index contributed by atoms with van der Waals surface area (Å²) in [6.45, 7) is 13.2. The summed E-state index contributed by atoms with van der Waals surface area (Å²) in [6, 6.07) is 8.48. The first-order valence-corrected chi connectivity index (χ1v) is 9.58. The van der Waals surface area contributed by atoms with Crippen molar-refractivity contribution in [3.63, 3.8) is 0 Å². The molecule has 1 aromatic heterocycles. The van der Waals surface area contributed by atoms with Gasteiger partial charge in [0.2, 0.25) is 5.88 Å². The highest BCUT2D eigenvalue weighted by atomic mass is 16.5. The van der Waals surface area contributed by atoms with E-state index in [4.69, 9.17) is 9.73 Å². The number of benzene rings is 1. The Morgan fingerprint density at radius 3 is 2.41 bits per heavy atom. The SMILES string of the molecule is CC1=NC2=C(CC1)N(c1c(C)cc(C(C)(C)C)cc1C)c1ncccc1O2. The maximum Gasteiger partial charge on any atom is 0.239 e.